The molecule has 0 radical (unpaired) electrons. The molecule has 0 amide bonds. The molecule has 2 atom stereocenters. The van der Waals surface area contributed by atoms with Gasteiger partial charge in [-0.1, -0.05) is 0 Å². The second-order valence-electron chi connectivity index (χ2n) is 2.54. The zero-order valence-electron chi connectivity index (χ0n) is 7.70. The van der Waals surface area contributed by atoms with E-state index in [0.29, 0.717) is 0 Å². The minimum Gasteiger partial charge on any atom is -0.396 e. The molecule has 0 aromatic heterocycles. The summed E-state index contributed by atoms with van der Waals surface area (Å²) in [7, 11) is -2.40. The molecule has 0 saturated heterocycles. The molecule has 0 saturated carbocycles. The van der Waals surface area contributed by atoms with E-state index in [1.54, 1.807) is 0 Å². The second kappa shape index (κ2) is 8.19. The summed E-state index contributed by atoms with van der Waals surface area (Å²) in [6.45, 7) is -0.319. The Hall–Kier alpha value is -0.140. The zero-order valence-corrected chi connectivity index (χ0v) is 8.60. The van der Waals surface area contributed by atoms with Crippen molar-refractivity contribution in [2.75, 3.05) is 13.2 Å². The van der Waals surface area contributed by atoms with E-state index >= 15 is 0 Å². The fraction of sp³-hybridized carbons (Fsp3) is 1.00. The first-order chi connectivity index (χ1) is 6.60. The van der Waals surface area contributed by atoms with E-state index in [4.69, 9.17) is 21.7 Å². The predicted octanol–water partition coefficient (Wildman–Crippen LogP) is -0.989. The highest BCUT2D eigenvalue weighted by Crippen LogP contribution is 2.27. The van der Waals surface area contributed by atoms with Gasteiger partial charge in [0, 0.05) is 30.6 Å². The van der Waals surface area contributed by atoms with Crippen molar-refractivity contribution >= 4 is 8.25 Å². The van der Waals surface area contributed by atoms with Crippen LogP contribution in [0.5, 0.6) is 0 Å². The first-order valence-electron chi connectivity index (χ1n) is 4.13. The summed E-state index contributed by atoms with van der Waals surface area (Å²) in [5.41, 5.74) is 10.6. The Labute approximate surface area is 82.9 Å². The molecule has 0 heterocycles. The van der Waals surface area contributed by atoms with Gasteiger partial charge in [0.15, 0.2) is 12.5 Å². The van der Waals surface area contributed by atoms with Gasteiger partial charge in [-0.2, -0.15) is 0 Å². The topological polar surface area (TPSA) is 128 Å². The third-order valence-electron chi connectivity index (χ3n) is 1.27. The van der Waals surface area contributed by atoms with Gasteiger partial charge >= 0.3 is 8.25 Å². The molecule has 0 aliphatic heterocycles. The van der Waals surface area contributed by atoms with Crippen LogP contribution in [0.25, 0.3) is 0 Å². The number of aliphatic hydroxyl groups is 2. The van der Waals surface area contributed by atoms with E-state index in [2.05, 4.69) is 9.05 Å². The maximum absolute atomic E-state index is 11.0. The van der Waals surface area contributed by atoms with Gasteiger partial charge in [-0.25, -0.2) is 0 Å². The van der Waals surface area contributed by atoms with E-state index in [0.717, 1.165) is 0 Å². The van der Waals surface area contributed by atoms with Gasteiger partial charge in [-0.15, -0.1) is 9.05 Å². The molecule has 0 aliphatic carbocycles. The molecular weight excluding hydrogens is 211 g/mol. The zero-order chi connectivity index (χ0) is 11.0. The van der Waals surface area contributed by atoms with Gasteiger partial charge < -0.3 is 21.7 Å². The Kier molecular flexibility index (Phi) is 8.11. The highest BCUT2D eigenvalue weighted by molar-refractivity contribution is 7.33. The Balaban J connectivity index is 3.63. The van der Waals surface area contributed by atoms with E-state index in [1.165, 1.54) is 0 Å². The fourth-order valence-electron chi connectivity index (χ4n) is 0.606. The van der Waals surface area contributed by atoms with Gasteiger partial charge in [-0.05, 0) is 0 Å². The summed E-state index contributed by atoms with van der Waals surface area (Å²) in [5, 5.41) is 16.9. The van der Waals surface area contributed by atoms with Gasteiger partial charge in [-0.3, -0.25) is 0 Å². The molecule has 7 nitrogen and oxygen atoms in total. The Morgan fingerprint density at radius 2 is 1.43 bits per heavy atom. The summed E-state index contributed by atoms with van der Waals surface area (Å²) < 4.78 is 20.3. The number of rotatable bonds is 8. The van der Waals surface area contributed by atoms with Crippen molar-refractivity contribution in [2.24, 2.45) is 11.5 Å². The molecule has 84 valence electrons. The molecule has 8 heteroatoms. The van der Waals surface area contributed by atoms with Gasteiger partial charge in [0.25, 0.3) is 0 Å². The van der Waals surface area contributed by atoms with Crippen LogP contribution in [0, 0.1) is 0 Å². The summed E-state index contributed by atoms with van der Waals surface area (Å²) in [6, 6.07) is 0. The van der Waals surface area contributed by atoms with Crippen LogP contribution in [0.15, 0.2) is 0 Å². The molecule has 0 fully saturated rings. The minimum absolute atomic E-state index is 0.160. The molecule has 0 aromatic carbocycles. The Bertz CT molecular complexity index is 154. The number of nitrogens with two attached hydrogens (primary N) is 2. The van der Waals surface area contributed by atoms with E-state index in [9.17, 15) is 4.57 Å². The van der Waals surface area contributed by atoms with E-state index < -0.39 is 20.7 Å². The Morgan fingerprint density at radius 1 is 1.07 bits per heavy atom. The first kappa shape index (κ1) is 13.9. The molecular formula is C6H16N2O5P+. The lowest BCUT2D eigenvalue weighted by Crippen LogP contribution is -2.25. The van der Waals surface area contributed by atoms with Crippen molar-refractivity contribution in [3.63, 3.8) is 0 Å². The Morgan fingerprint density at radius 3 is 1.71 bits per heavy atom. The molecule has 14 heavy (non-hydrogen) atoms. The van der Waals surface area contributed by atoms with Crippen molar-refractivity contribution in [3.8, 4) is 0 Å². The monoisotopic (exact) mass is 227 g/mol. The molecule has 0 rings (SSSR count). The predicted molar refractivity (Wildman–Crippen MR) is 49.1 cm³/mol. The van der Waals surface area contributed by atoms with Crippen molar-refractivity contribution in [3.05, 3.63) is 0 Å². The van der Waals surface area contributed by atoms with E-state index in [-0.39, 0.29) is 26.1 Å². The summed E-state index contributed by atoms with van der Waals surface area (Å²) in [4.78, 5) is 0. The highest BCUT2D eigenvalue weighted by Gasteiger charge is 2.28. The molecule has 2 unspecified atom stereocenters. The van der Waals surface area contributed by atoms with Crippen molar-refractivity contribution in [2.45, 2.75) is 25.3 Å². The van der Waals surface area contributed by atoms with Crippen LogP contribution < -0.4 is 11.5 Å². The van der Waals surface area contributed by atoms with Crippen LogP contribution in [0.3, 0.4) is 0 Å². The molecule has 0 aromatic rings. The van der Waals surface area contributed by atoms with E-state index in [1.807, 2.05) is 0 Å². The standard InChI is InChI=1S/C6H16N2O5P/c7-5(1-3-9)12-14(11)13-6(8)2-4-10/h5-6,9-10H,1-4,7-8H2/q+1. The van der Waals surface area contributed by atoms with Crippen molar-refractivity contribution in [1.29, 1.82) is 0 Å². The molecule has 0 aliphatic rings. The smallest absolute Gasteiger partial charge is 0.396 e. The lowest BCUT2D eigenvalue weighted by atomic mass is 10.4. The average Bonchev–Trinajstić information content (AvgIpc) is 2.03. The molecule has 0 spiro atoms. The number of aliphatic hydroxyl groups excluding tert-OH is 2. The largest absolute Gasteiger partial charge is 0.700 e. The molecule has 0 bridgehead atoms. The summed E-state index contributed by atoms with van der Waals surface area (Å²) >= 11 is 0. The average molecular weight is 227 g/mol. The first-order valence-corrected chi connectivity index (χ1v) is 5.23. The van der Waals surface area contributed by atoms with Crippen molar-refractivity contribution in [1.82, 2.24) is 0 Å². The third-order valence-corrected chi connectivity index (χ3v) is 2.16. The van der Waals surface area contributed by atoms with Crippen LogP contribution in [0.1, 0.15) is 12.8 Å². The molecule has 6 N–H and O–H groups in total. The van der Waals surface area contributed by atoms with Crippen LogP contribution >= 0.6 is 8.25 Å². The lowest BCUT2D eigenvalue weighted by molar-refractivity contribution is 0.104. The van der Waals surface area contributed by atoms with Crippen LogP contribution in [0.4, 0.5) is 0 Å². The van der Waals surface area contributed by atoms with Crippen LogP contribution in [-0.2, 0) is 13.6 Å². The van der Waals surface area contributed by atoms with Crippen molar-refractivity contribution < 1.29 is 23.8 Å². The number of hydrogen-bond acceptors (Lipinski definition) is 7. The minimum atomic E-state index is -2.40. The van der Waals surface area contributed by atoms with Gasteiger partial charge in [0.2, 0.25) is 0 Å². The maximum Gasteiger partial charge on any atom is 0.700 e. The quantitative estimate of drug-likeness (QED) is 0.309. The fourth-order valence-corrected chi connectivity index (χ4v) is 1.31. The van der Waals surface area contributed by atoms with Gasteiger partial charge in [0.1, 0.15) is 0 Å². The number of hydrogen-bond donors (Lipinski definition) is 4. The SMILES string of the molecule is NC(CCO)O[P+](=O)OC(N)CCO. The highest BCUT2D eigenvalue weighted by atomic mass is 31.1. The second-order valence-corrected chi connectivity index (χ2v) is 3.40. The van der Waals surface area contributed by atoms with Crippen LogP contribution in [0.2, 0.25) is 0 Å². The van der Waals surface area contributed by atoms with Crippen LogP contribution in [-0.4, -0.2) is 35.9 Å². The summed E-state index contributed by atoms with van der Waals surface area (Å²) in [6.07, 6.45) is -1.35. The lowest BCUT2D eigenvalue weighted by Gasteiger charge is -2.03. The van der Waals surface area contributed by atoms with Gasteiger partial charge in [0.05, 0.1) is 0 Å². The maximum atomic E-state index is 11.0. The summed E-state index contributed by atoms with van der Waals surface area (Å²) in [5.74, 6) is 0. The normalized spacial score (nSPS) is 16.4. The third kappa shape index (κ3) is 7.28.